The molecule has 1 heterocycles. The normalized spacial score (nSPS) is 15.9. The Kier molecular flexibility index (Phi) is 3.91. The van der Waals surface area contributed by atoms with Crippen LogP contribution in [-0.2, 0) is 9.59 Å². The number of urea groups is 1. The van der Waals surface area contributed by atoms with Crippen molar-refractivity contribution in [3.8, 4) is 5.75 Å². The van der Waals surface area contributed by atoms with Crippen molar-refractivity contribution in [3.63, 3.8) is 0 Å². The van der Waals surface area contributed by atoms with Gasteiger partial charge in [0.25, 0.3) is 5.91 Å². The van der Waals surface area contributed by atoms with Crippen LogP contribution >= 0.6 is 0 Å². The number of hydrogen-bond acceptors (Lipinski definition) is 4. The average Bonchev–Trinajstić information content (AvgIpc) is 2.82. The molecule has 7 heteroatoms. The summed E-state index contributed by atoms with van der Waals surface area (Å²) < 4.78 is 5.32. The number of amides is 3. The molecule has 0 saturated carbocycles. The topological polar surface area (TPSA) is 95.9 Å². The maximum absolute atomic E-state index is 12.2. The lowest BCUT2D eigenvalue weighted by Crippen LogP contribution is -2.35. The number of nitrogens with zero attached hydrogens (tertiary/aromatic N) is 1. The Morgan fingerprint density at radius 3 is 2.58 bits per heavy atom. The Morgan fingerprint density at radius 2 is 1.92 bits per heavy atom. The number of carboxylic acids is 1. The first-order chi connectivity index (χ1) is 11.5. The highest BCUT2D eigenvalue weighted by atomic mass is 16.5. The zero-order valence-corrected chi connectivity index (χ0v) is 12.8. The number of benzene rings is 2. The number of carboxylic acid groups (broad SMARTS) is 1. The number of fused-ring (bicyclic) bond motifs is 1. The zero-order valence-electron chi connectivity index (χ0n) is 12.8. The number of methoxy groups -OCH3 is 1. The fourth-order valence-electron chi connectivity index (χ4n) is 2.60. The maximum Gasteiger partial charge on any atom is 0.329 e. The van der Waals surface area contributed by atoms with Crippen LogP contribution in [0.15, 0.2) is 42.1 Å². The number of ether oxygens (including phenoxy) is 1. The SMILES string of the molecule is COc1ccc(/C=C2/NC(=O)N(CC(=O)O)C2=O)c2ccccc12. The van der Waals surface area contributed by atoms with E-state index in [-0.39, 0.29) is 5.70 Å². The Balaban J connectivity index is 2.04. The molecule has 1 fully saturated rings. The van der Waals surface area contributed by atoms with E-state index in [1.54, 1.807) is 19.2 Å². The van der Waals surface area contributed by atoms with Crippen molar-refractivity contribution < 1.29 is 24.2 Å². The fourth-order valence-corrected chi connectivity index (χ4v) is 2.60. The van der Waals surface area contributed by atoms with Crippen LogP contribution in [0.1, 0.15) is 5.56 Å². The molecule has 0 bridgehead atoms. The third-order valence-corrected chi connectivity index (χ3v) is 3.69. The second-order valence-electron chi connectivity index (χ2n) is 5.18. The summed E-state index contributed by atoms with van der Waals surface area (Å²) in [4.78, 5) is 35.4. The van der Waals surface area contributed by atoms with Crippen molar-refractivity contribution in [1.82, 2.24) is 10.2 Å². The molecule has 1 aliphatic rings. The third kappa shape index (κ3) is 2.67. The van der Waals surface area contributed by atoms with Crippen molar-refractivity contribution >= 4 is 34.8 Å². The third-order valence-electron chi connectivity index (χ3n) is 3.69. The van der Waals surface area contributed by atoms with Gasteiger partial charge in [-0.3, -0.25) is 9.59 Å². The second kappa shape index (κ2) is 6.04. The highest BCUT2D eigenvalue weighted by Crippen LogP contribution is 2.29. The summed E-state index contributed by atoms with van der Waals surface area (Å²) in [6.07, 6.45) is 1.53. The Hall–Kier alpha value is -3.35. The van der Waals surface area contributed by atoms with Gasteiger partial charge in [0.05, 0.1) is 7.11 Å². The van der Waals surface area contributed by atoms with Gasteiger partial charge in [-0.1, -0.05) is 30.3 Å². The molecule has 3 amide bonds. The molecular formula is C17H14N2O5. The summed E-state index contributed by atoms with van der Waals surface area (Å²) in [6, 6.07) is 10.3. The van der Waals surface area contributed by atoms with E-state index in [1.165, 1.54) is 6.08 Å². The number of aliphatic carboxylic acids is 1. The van der Waals surface area contributed by atoms with Gasteiger partial charge in [0.15, 0.2) is 0 Å². The van der Waals surface area contributed by atoms with Gasteiger partial charge in [0, 0.05) is 5.39 Å². The molecule has 0 unspecified atom stereocenters. The van der Waals surface area contributed by atoms with E-state index in [0.29, 0.717) is 16.2 Å². The van der Waals surface area contributed by atoms with Crippen LogP contribution in [0.4, 0.5) is 4.79 Å². The predicted octanol–water partition coefficient (Wildman–Crippen LogP) is 1.83. The van der Waals surface area contributed by atoms with E-state index in [0.717, 1.165) is 10.8 Å². The molecule has 7 nitrogen and oxygen atoms in total. The van der Waals surface area contributed by atoms with Crippen LogP contribution in [0.25, 0.3) is 16.8 Å². The highest BCUT2D eigenvalue weighted by Gasteiger charge is 2.34. The molecule has 2 aromatic carbocycles. The van der Waals surface area contributed by atoms with E-state index in [9.17, 15) is 14.4 Å². The number of imide groups is 1. The standard InChI is InChI=1S/C17H14N2O5/c1-24-14-7-6-10(11-4-2-3-5-12(11)14)8-13-16(22)19(9-15(20)21)17(23)18-13/h2-8H,9H2,1H3,(H,18,23)(H,20,21)/b13-8+. The predicted molar refractivity (Wildman–Crippen MR) is 86.4 cm³/mol. The Morgan fingerprint density at radius 1 is 1.21 bits per heavy atom. The van der Waals surface area contributed by atoms with Gasteiger partial charge in [-0.05, 0) is 23.1 Å². The largest absolute Gasteiger partial charge is 0.496 e. The van der Waals surface area contributed by atoms with Gasteiger partial charge in [-0.2, -0.15) is 0 Å². The number of carbonyl (C=O) groups excluding carboxylic acids is 2. The van der Waals surface area contributed by atoms with E-state index >= 15 is 0 Å². The Labute approximate surface area is 137 Å². The molecule has 2 aromatic rings. The fraction of sp³-hybridized carbons (Fsp3) is 0.118. The van der Waals surface area contributed by atoms with Crippen molar-refractivity contribution in [1.29, 1.82) is 0 Å². The van der Waals surface area contributed by atoms with Crippen molar-refractivity contribution in [2.45, 2.75) is 0 Å². The minimum absolute atomic E-state index is 0.0385. The number of rotatable bonds is 4. The molecule has 0 radical (unpaired) electrons. The minimum Gasteiger partial charge on any atom is -0.496 e. The lowest BCUT2D eigenvalue weighted by atomic mass is 10.0. The average molecular weight is 326 g/mol. The smallest absolute Gasteiger partial charge is 0.329 e. The van der Waals surface area contributed by atoms with Gasteiger partial charge in [-0.15, -0.1) is 0 Å². The summed E-state index contributed by atoms with van der Waals surface area (Å²) in [5.41, 5.74) is 0.754. The molecular weight excluding hydrogens is 312 g/mol. The van der Waals surface area contributed by atoms with Gasteiger partial charge < -0.3 is 15.2 Å². The summed E-state index contributed by atoms with van der Waals surface area (Å²) in [5, 5.41) is 12.9. The molecule has 3 rings (SSSR count). The minimum atomic E-state index is -1.25. The van der Waals surface area contributed by atoms with Gasteiger partial charge in [-0.25, -0.2) is 9.69 Å². The van der Waals surface area contributed by atoms with Crippen molar-refractivity contribution in [3.05, 3.63) is 47.7 Å². The van der Waals surface area contributed by atoms with Crippen LogP contribution in [0.5, 0.6) is 5.75 Å². The number of carbonyl (C=O) groups is 3. The molecule has 2 N–H and O–H groups in total. The summed E-state index contributed by atoms with van der Waals surface area (Å²) in [7, 11) is 1.57. The lowest BCUT2D eigenvalue weighted by Gasteiger charge is -2.08. The molecule has 1 saturated heterocycles. The molecule has 0 aliphatic carbocycles. The van der Waals surface area contributed by atoms with Gasteiger partial charge in [0.2, 0.25) is 0 Å². The molecule has 0 aromatic heterocycles. The van der Waals surface area contributed by atoms with E-state index in [2.05, 4.69) is 5.32 Å². The molecule has 122 valence electrons. The van der Waals surface area contributed by atoms with Crippen molar-refractivity contribution in [2.24, 2.45) is 0 Å². The summed E-state index contributed by atoms with van der Waals surface area (Å²) >= 11 is 0. The van der Waals surface area contributed by atoms with E-state index in [1.807, 2.05) is 24.3 Å². The molecule has 24 heavy (non-hydrogen) atoms. The van der Waals surface area contributed by atoms with E-state index in [4.69, 9.17) is 9.84 Å². The lowest BCUT2D eigenvalue weighted by molar-refractivity contribution is -0.140. The first-order valence-corrected chi connectivity index (χ1v) is 7.13. The van der Waals surface area contributed by atoms with Crippen LogP contribution in [-0.4, -0.2) is 41.6 Å². The summed E-state index contributed by atoms with van der Waals surface area (Å²) in [5.74, 6) is -1.22. The Bertz CT molecular complexity index is 888. The first kappa shape index (κ1) is 15.5. The van der Waals surface area contributed by atoms with Crippen LogP contribution in [0.2, 0.25) is 0 Å². The van der Waals surface area contributed by atoms with Gasteiger partial charge >= 0.3 is 12.0 Å². The van der Waals surface area contributed by atoms with Crippen LogP contribution < -0.4 is 10.1 Å². The van der Waals surface area contributed by atoms with E-state index < -0.39 is 24.5 Å². The molecule has 0 spiro atoms. The van der Waals surface area contributed by atoms with Crippen molar-refractivity contribution in [2.75, 3.05) is 13.7 Å². The molecule has 0 atom stereocenters. The summed E-state index contributed by atoms with van der Waals surface area (Å²) in [6.45, 7) is -0.675. The van der Waals surface area contributed by atoms with Crippen LogP contribution in [0.3, 0.4) is 0 Å². The quantitative estimate of drug-likeness (QED) is 0.660. The van der Waals surface area contributed by atoms with Crippen LogP contribution in [0, 0.1) is 0 Å². The highest BCUT2D eigenvalue weighted by molar-refractivity contribution is 6.15. The molecule has 1 aliphatic heterocycles. The second-order valence-corrected chi connectivity index (χ2v) is 5.18. The first-order valence-electron chi connectivity index (χ1n) is 7.13. The zero-order chi connectivity index (χ0) is 17.3. The monoisotopic (exact) mass is 326 g/mol. The number of hydrogen-bond donors (Lipinski definition) is 2. The maximum atomic E-state index is 12.2. The number of nitrogens with one attached hydrogen (secondary N) is 1. The van der Waals surface area contributed by atoms with Gasteiger partial charge in [0.1, 0.15) is 18.0 Å².